The van der Waals surface area contributed by atoms with Gasteiger partial charge in [0.2, 0.25) is 0 Å². The van der Waals surface area contributed by atoms with Crippen LogP contribution >= 0.6 is 0 Å². The van der Waals surface area contributed by atoms with Crippen LogP contribution in [0.2, 0.25) is 0 Å². The van der Waals surface area contributed by atoms with E-state index in [9.17, 15) is 0 Å². The summed E-state index contributed by atoms with van der Waals surface area (Å²) in [4.78, 5) is 0. The van der Waals surface area contributed by atoms with Gasteiger partial charge in [0.15, 0.2) is 0 Å². The van der Waals surface area contributed by atoms with E-state index in [4.69, 9.17) is 10.5 Å². The summed E-state index contributed by atoms with van der Waals surface area (Å²) in [5.41, 5.74) is 8.48. The Hall–Kier alpha value is -1.97. The Morgan fingerprint density at radius 1 is 1.37 bits per heavy atom. The smallest absolute Gasteiger partial charge is 0.132 e. The molecule has 2 aromatic rings. The second kappa shape index (κ2) is 5.78. The number of hydrogen-bond donors (Lipinski definition) is 1. The van der Waals surface area contributed by atoms with Crippen molar-refractivity contribution in [1.82, 2.24) is 9.78 Å². The first-order chi connectivity index (χ1) is 9.10. The molecule has 1 aromatic carbocycles. The fraction of sp³-hybridized carbons (Fsp3) is 0.400. The normalized spacial score (nSPS) is 12.4. The van der Waals surface area contributed by atoms with Crippen molar-refractivity contribution >= 4 is 5.69 Å². The molecule has 1 atom stereocenters. The summed E-state index contributed by atoms with van der Waals surface area (Å²) in [7, 11) is 0. The topological polar surface area (TPSA) is 53.1 Å². The highest BCUT2D eigenvalue weighted by atomic mass is 16.5. The molecule has 0 spiro atoms. The number of anilines is 1. The summed E-state index contributed by atoms with van der Waals surface area (Å²) in [6.07, 6.45) is 3.06. The minimum atomic E-state index is 0.419. The molecule has 2 N–H and O–H groups in total. The van der Waals surface area contributed by atoms with Crippen molar-refractivity contribution in [3.63, 3.8) is 0 Å². The number of aromatic nitrogens is 2. The number of rotatable bonds is 5. The predicted octanol–water partition coefficient (Wildman–Crippen LogP) is 3.32. The van der Waals surface area contributed by atoms with Crippen molar-refractivity contribution in [2.75, 3.05) is 5.73 Å². The molecule has 0 radical (unpaired) electrons. The molecule has 102 valence electrons. The van der Waals surface area contributed by atoms with E-state index in [-0.39, 0.29) is 0 Å². The largest absolute Gasteiger partial charge is 0.487 e. The van der Waals surface area contributed by atoms with Crippen LogP contribution in [-0.4, -0.2) is 9.78 Å². The monoisotopic (exact) mass is 259 g/mol. The first kappa shape index (κ1) is 13.5. The Labute approximate surface area is 114 Å². The molecule has 0 amide bonds. The summed E-state index contributed by atoms with van der Waals surface area (Å²) in [5, 5.41) is 4.51. The van der Waals surface area contributed by atoms with E-state index in [2.05, 4.69) is 18.9 Å². The third-order valence-corrected chi connectivity index (χ3v) is 3.29. The van der Waals surface area contributed by atoms with Crippen LogP contribution in [0.3, 0.4) is 0 Å². The maximum absolute atomic E-state index is 5.77. The van der Waals surface area contributed by atoms with Crippen molar-refractivity contribution in [1.29, 1.82) is 0 Å². The molecular formula is C15H21N3O. The van der Waals surface area contributed by atoms with Gasteiger partial charge in [-0.15, -0.1) is 0 Å². The van der Waals surface area contributed by atoms with Crippen molar-refractivity contribution in [3.8, 4) is 5.75 Å². The average Bonchev–Trinajstić information content (AvgIpc) is 2.88. The molecule has 0 aliphatic carbocycles. The van der Waals surface area contributed by atoms with Gasteiger partial charge in [0.05, 0.1) is 5.69 Å². The van der Waals surface area contributed by atoms with Gasteiger partial charge in [0.25, 0.3) is 0 Å². The van der Waals surface area contributed by atoms with Gasteiger partial charge in [0, 0.05) is 24.0 Å². The second-order valence-corrected chi connectivity index (χ2v) is 4.86. The maximum atomic E-state index is 5.77. The molecule has 1 unspecified atom stereocenters. The van der Waals surface area contributed by atoms with E-state index in [0.29, 0.717) is 18.3 Å². The molecular weight excluding hydrogens is 238 g/mol. The summed E-state index contributed by atoms with van der Waals surface area (Å²) < 4.78 is 7.75. The van der Waals surface area contributed by atoms with Crippen LogP contribution in [0.5, 0.6) is 5.75 Å². The minimum absolute atomic E-state index is 0.419. The molecule has 1 heterocycles. The number of nitrogen functional groups attached to an aromatic ring is 1. The first-order valence-corrected chi connectivity index (χ1v) is 6.63. The molecule has 0 aliphatic rings. The second-order valence-electron chi connectivity index (χ2n) is 4.86. The highest BCUT2D eigenvalue weighted by molar-refractivity contribution is 5.47. The van der Waals surface area contributed by atoms with Gasteiger partial charge < -0.3 is 10.5 Å². The van der Waals surface area contributed by atoms with Crippen molar-refractivity contribution in [2.45, 2.75) is 39.8 Å². The molecule has 0 bridgehead atoms. The summed E-state index contributed by atoms with van der Waals surface area (Å²) in [6, 6.07) is 8.10. The lowest BCUT2D eigenvalue weighted by Crippen LogP contribution is -2.06. The van der Waals surface area contributed by atoms with E-state index in [1.165, 1.54) is 0 Å². The number of nitrogens with zero attached hydrogens (tertiary/aromatic N) is 2. The predicted molar refractivity (Wildman–Crippen MR) is 77.2 cm³/mol. The van der Waals surface area contributed by atoms with Gasteiger partial charge >= 0.3 is 0 Å². The maximum Gasteiger partial charge on any atom is 0.132 e. The number of ether oxygens (including phenoxy) is 1. The minimum Gasteiger partial charge on any atom is -0.487 e. The van der Waals surface area contributed by atoms with Crippen LogP contribution < -0.4 is 10.5 Å². The van der Waals surface area contributed by atoms with Crippen LogP contribution in [0.1, 0.15) is 37.6 Å². The van der Waals surface area contributed by atoms with Gasteiger partial charge in [-0.2, -0.15) is 5.10 Å². The molecule has 0 aliphatic heterocycles. The standard InChI is InChI=1S/C15H21N3O/c1-4-12(3)18-8-7-14(17-18)10-19-15-9-13(16)6-5-11(15)2/h5-9,12H,4,10,16H2,1-3H3. The van der Waals surface area contributed by atoms with E-state index >= 15 is 0 Å². The fourth-order valence-electron chi connectivity index (χ4n) is 1.81. The lowest BCUT2D eigenvalue weighted by Gasteiger charge is -2.10. The molecule has 1 aromatic heterocycles. The average molecular weight is 259 g/mol. The summed E-state index contributed by atoms with van der Waals surface area (Å²) in [5.74, 6) is 0.818. The molecule has 2 rings (SSSR count). The van der Waals surface area contributed by atoms with Crippen molar-refractivity contribution in [3.05, 3.63) is 41.7 Å². The third kappa shape index (κ3) is 3.28. The Bertz CT molecular complexity index is 548. The van der Waals surface area contributed by atoms with Crippen LogP contribution in [-0.2, 0) is 6.61 Å². The summed E-state index contributed by atoms with van der Waals surface area (Å²) in [6.45, 7) is 6.78. The zero-order valence-corrected chi connectivity index (χ0v) is 11.8. The SMILES string of the molecule is CCC(C)n1ccc(COc2cc(N)ccc2C)n1. The third-order valence-electron chi connectivity index (χ3n) is 3.29. The van der Waals surface area contributed by atoms with Crippen molar-refractivity contribution < 1.29 is 4.74 Å². The van der Waals surface area contributed by atoms with Gasteiger partial charge in [-0.3, -0.25) is 4.68 Å². The van der Waals surface area contributed by atoms with E-state index in [1.54, 1.807) is 0 Å². The van der Waals surface area contributed by atoms with Gasteiger partial charge in [-0.05, 0) is 38.0 Å². The van der Waals surface area contributed by atoms with Gasteiger partial charge in [0.1, 0.15) is 12.4 Å². The number of benzene rings is 1. The quantitative estimate of drug-likeness (QED) is 0.838. The lowest BCUT2D eigenvalue weighted by molar-refractivity contribution is 0.296. The highest BCUT2D eigenvalue weighted by Crippen LogP contribution is 2.21. The van der Waals surface area contributed by atoms with E-state index in [1.807, 2.05) is 42.1 Å². The van der Waals surface area contributed by atoms with Crippen molar-refractivity contribution in [2.24, 2.45) is 0 Å². The molecule has 19 heavy (non-hydrogen) atoms. The van der Waals surface area contributed by atoms with Gasteiger partial charge in [-0.1, -0.05) is 13.0 Å². The molecule has 0 saturated carbocycles. The highest BCUT2D eigenvalue weighted by Gasteiger charge is 2.06. The number of aryl methyl sites for hydroxylation is 1. The molecule has 0 fully saturated rings. The van der Waals surface area contributed by atoms with Crippen LogP contribution in [0.15, 0.2) is 30.5 Å². The summed E-state index contributed by atoms with van der Waals surface area (Å²) >= 11 is 0. The Morgan fingerprint density at radius 3 is 2.89 bits per heavy atom. The van der Waals surface area contributed by atoms with Crippen LogP contribution in [0, 0.1) is 6.92 Å². The van der Waals surface area contributed by atoms with Crippen LogP contribution in [0.25, 0.3) is 0 Å². The van der Waals surface area contributed by atoms with E-state index in [0.717, 1.165) is 23.4 Å². The number of hydrogen-bond acceptors (Lipinski definition) is 3. The molecule has 4 heteroatoms. The van der Waals surface area contributed by atoms with E-state index < -0.39 is 0 Å². The van der Waals surface area contributed by atoms with Gasteiger partial charge in [-0.25, -0.2) is 0 Å². The lowest BCUT2D eigenvalue weighted by atomic mass is 10.2. The first-order valence-electron chi connectivity index (χ1n) is 6.63. The number of nitrogens with two attached hydrogens (primary N) is 1. The Balaban J connectivity index is 2.02. The Kier molecular flexibility index (Phi) is 4.10. The zero-order chi connectivity index (χ0) is 13.8. The molecule has 4 nitrogen and oxygen atoms in total. The molecule has 0 saturated heterocycles. The van der Waals surface area contributed by atoms with Crippen LogP contribution in [0.4, 0.5) is 5.69 Å². The zero-order valence-electron chi connectivity index (χ0n) is 11.8. The Morgan fingerprint density at radius 2 is 2.16 bits per heavy atom. The fourth-order valence-corrected chi connectivity index (χ4v) is 1.81.